The highest BCUT2D eigenvalue weighted by molar-refractivity contribution is 5.66. The normalized spacial score (nSPS) is 11.9. The molecular formula is C10H20N2O3. The zero-order chi connectivity index (χ0) is 11.7. The van der Waals surface area contributed by atoms with Crippen molar-refractivity contribution in [3.8, 4) is 0 Å². The van der Waals surface area contributed by atoms with E-state index in [4.69, 9.17) is 0 Å². The van der Waals surface area contributed by atoms with Gasteiger partial charge in [-0.3, -0.25) is 0 Å². The van der Waals surface area contributed by atoms with Crippen LogP contribution in [0.4, 0.5) is 4.79 Å². The molecule has 0 aromatic carbocycles. The highest BCUT2D eigenvalue weighted by Crippen LogP contribution is 2.14. The molecule has 1 atom stereocenters. The van der Waals surface area contributed by atoms with Crippen LogP contribution >= 0.6 is 0 Å². The first kappa shape index (κ1) is 13.9. The maximum absolute atomic E-state index is 11.1. The molecule has 0 radical (unpaired) electrons. The van der Waals surface area contributed by atoms with Crippen LogP contribution in [0.1, 0.15) is 39.5 Å². The lowest BCUT2D eigenvalue weighted by Crippen LogP contribution is -2.30. The molecule has 0 fully saturated rings. The predicted molar refractivity (Wildman–Crippen MR) is 58.2 cm³/mol. The highest BCUT2D eigenvalue weighted by atomic mass is 16.6. The lowest BCUT2D eigenvalue weighted by molar-refractivity contribution is 0.115. The average molecular weight is 216 g/mol. The van der Waals surface area contributed by atoms with Crippen molar-refractivity contribution in [2.45, 2.75) is 39.5 Å². The smallest absolute Gasteiger partial charge is 0.432 e. The van der Waals surface area contributed by atoms with E-state index in [-0.39, 0.29) is 0 Å². The Morgan fingerprint density at radius 3 is 2.53 bits per heavy atom. The maximum atomic E-state index is 11.1. The number of nitroso groups, excluding NO2 is 1. The molecule has 1 amide bonds. The van der Waals surface area contributed by atoms with E-state index in [9.17, 15) is 9.70 Å². The summed E-state index contributed by atoms with van der Waals surface area (Å²) >= 11 is 0. The van der Waals surface area contributed by atoms with Gasteiger partial charge in [-0.1, -0.05) is 33.1 Å². The molecule has 0 spiro atoms. The molecule has 0 aliphatic rings. The van der Waals surface area contributed by atoms with Crippen LogP contribution in [-0.4, -0.2) is 24.8 Å². The Morgan fingerprint density at radius 2 is 2.13 bits per heavy atom. The van der Waals surface area contributed by atoms with E-state index < -0.39 is 6.09 Å². The van der Waals surface area contributed by atoms with E-state index in [2.05, 4.69) is 16.9 Å². The van der Waals surface area contributed by atoms with Crippen LogP contribution in [-0.2, 0) is 4.74 Å². The number of unbranched alkanes of at least 4 members (excludes halogenated alkanes) is 1. The number of carbonyl (C=O) groups is 1. The van der Waals surface area contributed by atoms with Crippen molar-refractivity contribution < 1.29 is 9.53 Å². The molecule has 0 aromatic rings. The van der Waals surface area contributed by atoms with Gasteiger partial charge >= 0.3 is 6.09 Å². The molecule has 88 valence electrons. The fraction of sp³-hybridized carbons (Fsp3) is 0.900. The number of carbonyl (C=O) groups excluding carboxylic acids is 1. The Hall–Kier alpha value is -1.13. The highest BCUT2D eigenvalue weighted by Gasteiger charge is 2.18. The summed E-state index contributed by atoms with van der Waals surface area (Å²) in [4.78, 5) is 21.5. The molecule has 0 bridgehead atoms. The second kappa shape index (κ2) is 8.20. The van der Waals surface area contributed by atoms with Gasteiger partial charge in [0.1, 0.15) is 0 Å². The van der Waals surface area contributed by atoms with Crippen LogP contribution in [0.5, 0.6) is 0 Å². The SMILES string of the molecule is CCCC[C@H](CC)CN(N=O)C(=O)OC. The monoisotopic (exact) mass is 216 g/mol. The van der Waals surface area contributed by atoms with Gasteiger partial charge in [0.15, 0.2) is 0 Å². The van der Waals surface area contributed by atoms with E-state index in [1.54, 1.807) is 0 Å². The van der Waals surface area contributed by atoms with Crippen LogP contribution in [0.3, 0.4) is 0 Å². The summed E-state index contributed by atoms with van der Waals surface area (Å²) in [6, 6.07) is 0. The molecule has 0 unspecified atom stereocenters. The second-order valence-corrected chi connectivity index (χ2v) is 3.55. The molecule has 0 heterocycles. The number of amides is 1. The van der Waals surface area contributed by atoms with Gasteiger partial charge < -0.3 is 4.74 Å². The Bertz CT molecular complexity index is 197. The predicted octanol–water partition coefficient (Wildman–Crippen LogP) is 2.95. The van der Waals surface area contributed by atoms with Gasteiger partial charge in [0, 0.05) is 0 Å². The van der Waals surface area contributed by atoms with Crippen molar-refractivity contribution in [1.82, 2.24) is 5.01 Å². The maximum Gasteiger partial charge on any atom is 0.432 e. The van der Waals surface area contributed by atoms with Crippen LogP contribution in [0.25, 0.3) is 0 Å². The third-order valence-corrected chi connectivity index (χ3v) is 2.46. The standard InChI is InChI=1S/C10H20N2O3/c1-4-6-7-9(5-2)8-12(11-14)10(13)15-3/h9H,4-8H2,1-3H3/t9-/m0/s1. The zero-order valence-corrected chi connectivity index (χ0v) is 9.73. The van der Waals surface area contributed by atoms with E-state index in [1.807, 2.05) is 6.92 Å². The molecule has 0 aliphatic heterocycles. The summed E-state index contributed by atoms with van der Waals surface area (Å²) in [6.45, 7) is 4.51. The molecule has 0 rings (SSSR count). The average Bonchev–Trinajstić information content (AvgIpc) is 2.28. The van der Waals surface area contributed by atoms with E-state index >= 15 is 0 Å². The minimum absolute atomic E-state index is 0.321. The molecule has 5 heteroatoms. The quantitative estimate of drug-likeness (QED) is 0.485. The fourth-order valence-electron chi connectivity index (χ4n) is 1.41. The first-order valence-corrected chi connectivity index (χ1v) is 5.38. The van der Waals surface area contributed by atoms with Crippen molar-refractivity contribution in [2.75, 3.05) is 13.7 Å². The molecule has 15 heavy (non-hydrogen) atoms. The van der Waals surface area contributed by atoms with Crippen molar-refractivity contribution in [2.24, 2.45) is 11.2 Å². The molecule has 0 aliphatic carbocycles. The molecule has 0 saturated heterocycles. The lowest BCUT2D eigenvalue weighted by atomic mass is 9.99. The summed E-state index contributed by atoms with van der Waals surface area (Å²) in [7, 11) is 1.24. The zero-order valence-electron chi connectivity index (χ0n) is 9.73. The van der Waals surface area contributed by atoms with Gasteiger partial charge in [-0.2, -0.15) is 5.01 Å². The molecular weight excluding hydrogens is 196 g/mol. The van der Waals surface area contributed by atoms with Crippen molar-refractivity contribution in [3.63, 3.8) is 0 Å². The lowest BCUT2D eigenvalue weighted by Gasteiger charge is -2.18. The summed E-state index contributed by atoms with van der Waals surface area (Å²) in [5, 5.41) is 3.51. The van der Waals surface area contributed by atoms with Gasteiger partial charge in [0.05, 0.1) is 18.9 Å². The van der Waals surface area contributed by atoms with Crippen LogP contribution in [0.15, 0.2) is 5.29 Å². The second-order valence-electron chi connectivity index (χ2n) is 3.55. The van der Waals surface area contributed by atoms with Crippen molar-refractivity contribution in [3.05, 3.63) is 4.91 Å². The third kappa shape index (κ3) is 5.34. The van der Waals surface area contributed by atoms with E-state index in [1.165, 1.54) is 7.11 Å². The summed E-state index contributed by atoms with van der Waals surface area (Å²) in [6.07, 6.45) is 3.48. The molecule has 0 saturated carbocycles. The minimum Gasteiger partial charge on any atom is -0.451 e. The van der Waals surface area contributed by atoms with Gasteiger partial charge in [0.2, 0.25) is 0 Å². The molecule has 5 nitrogen and oxygen atoms in total. The van der Waals surface area contributed by atoms with Gasteiger partial charge in [-0.15, -0.1) is 4.91 Å². The number of ether oxygens (including phenoxy) is 1. The van der Waals surface area contributed by atoms with Crippen molar-refractivity contribution >= 4 is 6.09 Å². The molecule has 0 aromatic heterocycles. The van der Waals surface area contributed by atoms with E-state index in [0.29, 0.717) is 12.5 Å². The van der Waals surface area contributed by atoms with E-state index in [0.717, 1.165) is 30.7 Å². The van der Waals surface area contributed by atoms with Crippen molar-refractivity contribution in [1.29, 1.82) is 0 Å². The number of nitrogens with zero attached hydrogens (tertiary/aromatic N) is 2. The fourth-order valence-corrected chi connectivity index (χ4v) is 1.41. The van der Waals surface area contributed by atoms with Crippen LogP contribution in [0.2, 0.25) is 0 Å². The van der Waals surface area contributed by atoms with Gasteiger partial charge in [-0.05, 0) is 12.3 Å². The summed E-state index contributed by atoms with van der Waals surface area (Å²) < 4.78 is 4.45. The number of hydrogen-bond donors (Lipinski definition) is 0. The Morgan fingerprint density at radius 1 is 1.47 bits per heavy atom. The number of methoxy groups -OCH3 is 1. The molecule has 0 N–H and O–H groups in total. The van der Waals surface area contributed by atoms with Crippen LogP contribution in [0, 0.1) is 10.8 Å². The van der Waals surface area contributed by atoms with Gasteiger partial charge in [0.25, 0.3) is 0 Å². The van der Waals surface area contributed by atoms with Gasteiger partial charge in [-0.25, -0.2) is 4.79 Å². The largest absolute Gasteiger partial charge is 0.451 e. The first-order valence-electron chi connectivity index (χ1n) is 5.38. The first-order chi connectivity index (χ1) is 7.19. The Labute approximate surface area is 90.7 Å². The Balaban J connectivity index is 4.11. The summed E-state index contributed by atoms with van der Waals surface area (Å²) in [5.74, 6) is 0.321. The van der Waals surface area contributed by atoms with Crippen LogP contribution < -0.4 is 0 Å². The third-order valence-electron chi connectivity index (χ3n) is 2.46. The number of hydrogen-bond acceptors (Lipinski definition) is 4. The Kier molecular flexibility index (Phi) is 7.58. The minimum atomic E-state index is -0.681. The number of rotatable bonds is 7. The summed E-state index contributed by atoms with van der Waals surface area (Å²) in [5.41, 5.74) is 0. The topological polar surface area (TPSA) is 59.0 Å².